The minimum Gasteiger partial charge on any atom is -0.311 e. The zero-order valence-corrected chi connectivity index (χ0v) is 10.6. The van der Waals surface area contributed by atoms with E-state index in [0.29, 0.717) is 12.6 Å². The number of H-pyrrole nitrogens is 1. The minimum atomic E-state index is -0.0325. The van der Waals surface area contributed by atoms with Crippen molar-refractivity contribution in [2.45, 2.75) is 52.1 Å². The summed E-state index contributed by atoms with van der Waals surface area (Å²) in [6, 6.07) is 1.99. The highest BCUT2D eigenvalue weighted by atomic mass is 16.1. The van der Waals surface area contributed by atoms with Crippen LogP contribution in [0.1, 0.15) is 44.6 Å². The smallest absolute Gasteiger partial charge is 0.251 e. The summed E-state index contributed by atoms with van der Waals surface area (Å²) in [6.07, 6.45) is 4.80. The molecule has 0 bridgehead atoms. The lowest BCUT2D eigenvalue weighted by Gasteiger charge is -2.24. The molecule has 4 nitrogen and oxygen atoms in total. The molecular formula is C13H21N3O. The number of aromatic amines is 1. The van der Waals surface area contributed by atoms with Gasteiger partial charge in [0.1, 0.15) is 5.82 Å². The van der Waals surface area contributed by atoms with Gasteiger partial charge >= 0.3 is 0 Å². The van der Waals surface area contributed by atoms with Crippen LogP contribution in [0.3, 0.4) is 0 Å². The van der Waals surface area contributed by atoms with Crippen molar-refractivity contribution in [3.05, 3.63) is 27.9 Å². The van der Waals surface area contributed by atoms with E-state index >= 15 is 0 Å². The van der Waals surface area contributed by atoms with Crippen molar-refractivity contribution in [2.24, 2.45) is 5.92 Å². The van der Waals surface area contributed by atoms with E-state index in [9.17, 15) is 4.79 Å². The van der Waals surface area contributed by atoms with E-state index in [2.05, 4.69) is 29.1 Å². The maximum atomic E-state index is 11.5. The van der Waals surface area contributed by atoms with Gasteiger partial charge in [-0.15, -0.1) is 0 Å². The van der Waals surface area contributed by atoms with Gasteiger partial charge in [-0.3, -0.25) is 4.79 Å². The molecule has 1 heterocycles. The Kier molecular flexibility index (Phi) is 3.94. The fourth-order valence-corrected chi connectivity index (χ4v) is 2.03. The van der Waals surface area contributed by atoms with E-state index in [1.165, 1.54) is 19.3 Å². The molecule has 1 saturated carbocycles. The maximum absolute atomic E-state index is 11.5. The molecule has 1 aromatic heterocycles. The zero-order valence-electron chi connectivity index (χ0n) is 10.6. The van der Waals surface area contributed by atoms with Gasteiger partial charge < -0.3 is 10.3 Å². The molecule has 2 N–H and O–H groups in total. The standard InChI is InChI=1S/C13H21N3O/c1-9(2)14-8-11-7-13(17)16-12(15-11)6-10-4-3-5-10/h7,9-10,14H,3-6,8H2,1-2H3,(H,15,16,17). The summed E-state index contributed by atoms with van der Waals surface area (Å²) in [5.41, 5.74) is 0.812. The molecule has 94 valence electrons. The predicted molar refractivity (Wildman–Crippen MR) is 67.9 cm³/mol. The minimum absolute atomic E-state index is 0.0325. The Bertz CT molecular complexity index is 421. The number of nitrogens with zero attached hydrogens (tertiary/aromatic N) is 1. The summed E-state index contributed by atoms with van der Waals surface area (Å²) in [4.78, 5) is 18.9. The SMILES string of the molecule is CC(C)NCc1cc(=O)[nH]c(CC2CCC2)n1. The van der Waals surface area contributed by atoms with Crippen LogP contribution in [-0.2, 0) is 13.0 Å². The maximum Gasteiger partial charge on any atom is 0.251 e. The topological polar surface area (TPSA) is 57.8 Å². The molecule has 17 heavy (non-hydrogen) atoms. The number of nitrogens with one attached hydrogen (secondary N) is 2. The van der Waals surface area contributed by atoms with Gasteiger partial charge in [-0.2, -0.15) is 0 Å². The van der Waals surface area contributed by atoms with Crippen molar-refractivity contribution < 1.29 is 0 Å². The average molecular weight is 235 g/mol. The van der Waals surface area contributed by atoms with Gasteiger partial charge in [0.05, 0.1) is 5.69 Å². The lowest BCUT2D eigenvalue weighted by atomic mass is 9.83. The van der Waals surface area contributed by atoms with Crippen LogP contribution in [0.4, 0.5) is 0 Å². The normalized spacial score (nSPS) is 16.2. The lowest BCUT2D eigenvalue weighted by Crippen LogP contribution is -2.25. The Morgan fingerprint density at radius 3 is 2.88 bits per heavy atom. The summed E-state index contributed by atoms with van der Waals surface area (Å²) >= 11 is 0. The van der Waals surface area contributed by atoms with Crippen molar-refractivity contribution >= 4 is 0 Å². The first-order chi connectivity index (χ1) is 8.13. The molecule has 0 unspecified atom stereocenters. The summed E-state index contributed by atoms with van der Waals surface area (Å²) in [6.45, 7) is 4.84. The van der Waals surface area contributed by atoms with Crippen molar-refractivity contribution in [3.8, 4) is 0 Å². The molecule has 0 radical (unpaired) electrons. The second-order valence-electron chi connectivity index (χ2n) is 5.22. The van der Waals surface area contributed by atoms with Crippen LogP contribution in [0.5, 0.6) is 0 Å². The van der Waals surface area contributed by atoms with Crippen LogP contribution in [0.2, 0.25) is 0 Å². The van der Waals surface area contributed by atoms with E-state index in [1.54, 1.807) is 6.07 Å². The Morgan fingerprint density at radius 2 is 2.29 bits per heavy atom. The van der Waals surface area contributed by atoms with Crippen molar-refractivity contribution in [1.82, 2.24) is 15.3 Å². The van der Waals surface area contributed by atoms with Crippen LogP contribution in [0.25, 0.3) is 0 Å². The van der Waals surface area contributed by atoms with Crippen LogP contribution < -0.4 is 10.9 Å². The fraction of sp³-hybridized carbons (Fsp3) is 0.692. The first-order valence-corrected chi connectivity index (χ1v) is 6.46. The van der Waals surface area contributed by atoms with E-state index in [1.807, 2.05) is 0 Å². The third-order valence-electron chi connectivity index (χ3n) is 3.24. The highest BCUT2D eigenvalue weighted by Gasteiger charge is 2.18. The second-order valence-corrected chi connectivity index (χ2v) is 5.22. The molecule has 1 aliphatic carbocycles. The first-order valence-electron chi connectivity index (χ1n) is 6.46. The largest absolute Gasteiger partial charge is 0.311 e. The quantitative estimate of drug-likeness (QED) is 0.815. The Morgan fingerprint density at radius 1 is 1.53 bits per heavy atom. The van der Waals surface area contributed by atoms with Crippen molar-refractivity contribution in [2.75, 3.05) is 0 Å². The lowest BCUT2D eigenvalue weighted by molar-refractivity contribution is 0.308. The fourth-order valence-electron chi connectivity index (χ4n) is 2.03. The molecule has 1 fully saturated rings. The first kappa shape index (κ1) is 12.3. The van der Waals surface area contributed by atoms with Crippen molar-refractivity contribution in [3.63, 3.8) is 0 Å². The predicted octanol–water partition coefficient (Wildman–Crippen LogP) is 1.61. The molecule has 0 aromatic carbocycles. The molecule has 0 spiro atoms. The Balaban J connectivity index is 2.02. The van der Waals surface area contributed by atoms with Crippen LogP contribution in [0.15, 0.2) is 10.9 Å². The van der Waals surface area contributed by atoms with E-state index in [4.69, 9.17) is 0 Å². The highest BCUT2D eigenvalue weighted by Crippen LogP contribution is 2.28. The highest BCUT2D eigenvalue weighted by molar-refractivity contribution is 5.03. The van der Waals surface area contributed by atoms with Crippen LogP contribution >= 0.6 is 0 Å². The van der Waals surface area contributed by atoms with E-state index < -0.39 is 0 Å². The molecule has 0 amide bonds. The molecule has 2 rings (SSSR count). The van der Waals surface area contributed by atoms with Gasteiger partial charge in [-0.25, -0.2) is 4.98 Å². The molecule has 0 saturated heterocycles. The molecule has 0 aliphatic heterocycles. The van der Waals surface area contributed by atoms with Gasteiger partial charge in [-0.05, 0) is 5.92 Å². The van der Waals surface area contributed by atoms with Crippen LogP contribution in [0, 0.1) is 5.92 Å². The summed E-state index contributed by atoms with van der Waals surface area (Å²) in [5.74, 6) is 1.58. The monoisotopic (exact) mass is 235 g/mol. The van der Waals surface area contributed by atoms with Gasteiger partial charge in [0.2, 0.25) is 0 Å². The van der Waals surface area contributed by atoms with E-state index in [-0.39, 0.29) is 5.56 Å². The molecule has 0 atom stereocenters. The summed E-state index contributed by atoms with van der Waals surface area (Å²) in [7, 11) is 0. The Hall–Kier alpha value is -1.16. The van der Waals surface area contributed by atoms with Gasteiger partial charge in [0, 0.05) is 25.1 Å². The third kappa shape index (κ3) is 3.66. The summed E-state index contributed by atoms with van der Waals surface area (Å²) in [5, 5.41) is 3.28. The number of hydrogen-bond acceptors (Lipinski definition) is 3. The molecular weight excluding hydrogens is 214 g/mol. The number of aromatic nitrogens is 2. The molecule has 1 aliphatic rings. The number of rotatable bonds is 5. The summed E-state index contributed by atoms with van der Waals surface area (Å²) < 4.78 is 0. The Labute approximate surface area is 102 Å². The molecule has 1 aromatic rings. The van der Waals surface area contributed by atoms with E-state index in [0.717, 1.165) is 23.9 Å². The average Bonchev–Trinajstić information content (AvgIpc) is 2.20. The van der Waals surface area contributed by atoms with Gasteiger partial charge in [0.15, 0.2) is 0 Å². The van der Waals surface area contributed by atoms with Gasteiger partial charge in [-0.1, -0.05) is 33.1 Å². The third-order valence-corrected chi connectivity index (χ3v) is 3.24. The molecule has 4 heteroatoms. The van der Waals surface area contributed by atoms with Crippen LogP contribution in [-0.4, -0.2) is 16.0 Å². The van der Waals surface area contributed by atoms with Crippen molar-refractivity contribution in [1.29, 1.82) is 0 Å². The second kappa shape index (κ2) is 5.45. The van der Waals surface area contributed by atoms with Gasteiger partial charge in [0.25, 0.3) is 5.56 Å². The number of hydrogen-bond donors (Lipinski definition) is 2. The zero-order chi connectivity index (χ0) is 12.3.